The summed E-state index contributed by atoms with van der Waals surface area (Å²) >= 11 is 0. The lowest BCUT2D eigenvalue weighted by atomic mass is 9.84. The van der Waals surface area contributed by atoms with Crippen LogP contribution in [0.1, 0.15) is 31.2 Å². The summed E-state index contributed by atoms with van der Waals surface area (Å²) in [5, 5.41) is 12.3. The predicted molar refractivity (Wildman–Crippen MR) is 107 cm³/mol. The second-order valence-corrected chi connectivity index (χ2v) is 7.51. The third-order valence-electron chi connectivity index (χ3n) is 5.80. The largest absolute Gasteiger partial charge is 0.385 e. The number of aliphatic hydroxyl groups is 1. The summed E-state index contributed by atoms with van der Waals surface area (Å²) < 4.78 is 2.36. The molecule has 2 aromatic carbocycles. The van der Waals surface area contributed by atoms with Gasteiger partial charge in [-0.1, -0.05) is 48.5 Å². The van der Waals surface area contributed by atoms with Crippen LogP contribution in [0.15, 0.2) is 66.9 Å². The molecule has 0 saturated carbocycles. The quantitative estimate of drug-likeness (QED) is 0.669. The summed E-state index contributed by atoms with van der Waals surface area (Å²) in [4.78, 5) is 2.51. The Morgan fingerprint density at radius 1 is 0.808 bits per heavy atom. The Hall–Kier alpha value is -2.10. The van der Waals surface area contributed by atoms with E-state index < -0.39 is 5.60 Å². The predicted octanol–water partition coefficient (Wildman–Crippen LogP) is 4.41. The zero-order valence-corrected chi connectivity index (χ0v) is 15.3. The summed E-state index contributed by atoms with van der Waals surface area (Å²) in [5.41, 5.74) is 1.76. The molecule has 3 heteroatoms. The standard InChI is InChI=1S/C23H28N2O/c26-23(21-9-2-1-3-10-21)13-18-24(19-14-23)15-6-7-16-25-17-12-20-8-4-5-11-22(20)25/h1-5,8-12,17,26H,6-7,13-16,18-19H2. The number of unbranched alkanes of at least 4 members (excludes halogenated alkanes) is 1. The molecule has 1 fully saturated rings. The van der Waals surface area contributed by atoms with Crippen LogP contribution in [0.4, 0.5) is 0 Å². The molecule has 1 N–H and O–H groups in total. The van der Waals surface area contributed by atoms with E-state index in [4.69, 9.17) is 0 Å². The van der Waals surface area contributed by atoms with Gasteiger partial charge in [-0.2, -0.15) is 0 Å². The maximum absolute atomic E-state index is 10.9. The maximum Gasteiger partial charge on any atom is 0.0920 e. The molecule has 3 nitrogen and oxygen atoms in total. The van der Waals surface area contributed by atoms with Crippen LogP contribution in [0.2, 0.25) is 0 Å². The first-order chi connectivity index (χ1) is 12.7. The molecule has 1 saturated heterocycles. The third kappa shape index (κ3) is 3.69. The van der Waals surface area contributed by atoms with Crippen molar-refractivity contribution in [1.29, 1.82) is 0 Å². The number of aryl methyl sites for hydroxylation is 1. The van der Waals surface area contributed by atoms with Crippen molar-refractivity contribution in [2.45, 2.75) is 37.8 Å². The van der Waals surface area contributed by atoms with Crippen molar-refractivity contribution >= 4 is 10.9 Å². The minimum atomic E-state index is -0.637. The fraction of sp³-hybridized carbons (Fsp3) is 0.391. The first kappa shape index (κ1) is 17.3. The third-order valence-corrected chi connectivity index (χ3v) is 5.80. The highest BCUT2D eigenvalue weighted by Gasteiger charge is 2.33. The molecule has 0 radical (unpaired) electrons. The Labute approximate surface area is 155 Å². The van der Waals surface area contributed by atoms with Gasteiger partial charge in [-0.3, -0.25) is 0 Å². The highest BCUT2D eigenvalue weighted by molar-refractivity contribution is 5.79. The van der Waals surface area contributed by atoms with E-state index >= 15 is 0 Å². The number of rotatable bonds is 6. The molecule has 0 aliphatic carbocycles. The van der Waals surface area contributed by atoms with Crippen LogP contribution in [0.25, 0.3) is 10.9 Å². The van der Waals surface area contributed by atoms with Gasteiger partial charge in [0.2, 0.25) is 0 Å². The van der Waals surface area contributed by atoms with Gasteiger partial charge in [0, 0.05) is 31.3 Å². The summed E-state index contributed by atoms with van der Waals surface area (Å²) in [5.74, 6) is 0. The van der Waals surface area contributed by atoms with Crippen LogP contribution < -0.4 is 0 Å². The van der Waals surface area contributed by atoms with Crippen LogP contribution in [-0.4, -0.2) is 34.2 Å². The lowest BCUT2D eigenvalue weighted by molar-refractivity contribution is -0.0261. The molecule has 0 atom stereocenters. The lowest BCUT2D eigenvalue weighted by Gasteiger charge is -2.38. The molecule has 0 spiro atoms. The number of hydrogen-bond acceptors (Lipinski definition) is 2. The average molecular weight is 348 g/mol. The van der Waals surface area contributed by atoms with E-state index in [1.165, 1.54) is 23.7 Å². The van der Waals surface area contributed by atoms with E-state index in [1.54, 1.807) is 0 Å². The van der Waals surface area contributed by atoms with Crippen molar-refractivity contribution in [3.63, 3.8) is 0 Å². The van der Waals surface area contributed by atoms with E-state index in [1.807, 2.05) is 18.2 Å². The summed E-state index contributed by atoms with van der Waals surface area (Å²) in [6, 6.07) is 20.9. The first-order valence-corrected chi connectivity index (χ1v) is 9.79. The van der Waals surface area contributed by atoms with Crippen LogP contribution in [0.5, 0.6) is 0 Å². The number of para-hydroxylation sites is 1. The monoisotopic (exact) mass is 348 g/mol. The van der Waals surface area contributed by atoms with Crippen LogP contribution in [0, 0.1) is 0 Å². The van der Waals surface area contributed by atoms with Gasteiger partial charge in [0.15, 0.2) is 0 Å². The van der Waals surface area contributed by atoms with E-state index in [2.05, 4.69) is 58.1 Å². The zero-order chi connectivity index (χ0) is 17.8. The molecule has 4 rings (SSSR count). The van der Waals surface area contributed by atoms with Crippen molar-refractivity contribution in [1.82, 2.24) is 9.47 Å². The van der Waals surface area contributed by atoms with Crippen LogP contribution in [-0.2, 0) is 12.1 Å². The SMILES string of the molecule is OC1(c2ccccc2)CCN(CCCCn2ccc3ccccc32)CC1. The number of hydrogen-bond donors (Lipinski definition) is 1. The molecular formula is C23H28N2O. The molecule has 1 aromatic heterocycles. The Morgan fingerprint density at radius 2 is 1.50 bits per heavy atom. The van der Waals surface area contributed by atoms with Crippen molar-refractivity contribution < 1.29 is 5.11 Å². The van der Waals surface area contributed by atoms with Crippen LogP contribution >= 0.6 is 0 Å². The van der Waals surface area contributed by atoms with E-state index in [0.29, 0.717) is 0 Å². The van der Waals surface area contributed by atoms with Gasteiger partial charge < -0.3 is 14.6 Å². The topological polar surface area (TPSA) is 28.4 Å². The zero-order valence-electron chi connectivity index (χ0n) is 15.3. The second kappa shape index (κ2) is 7.65. The number of piperidine rings is 1. The van der Waals surface area contributed by atoms with E-state index in [0.717, 1.165) is 44.6 Å². The van der Waals surface area contributed by atoms with Crippen molar-refractivity contribution in [2.24, 2.45) is 0 Å². The normalized spacial score (nSPS) is 17.6. The minimum absolute atomic E-state index is 0.637. The van der Waals surface area contributed by atoms with Gasteiger partial charge in [0.1, 0.15) is 0 Å². The summed E-state index contributed by atoms with van der Waals surface area (Å²) in [6.07, 6.45) is 6.26. The molecule has 1 aliphatic rings. The Bertz CT molecular complexity index is 832. The van der Waals surface area contributed by atoms with Gasteiger partial charge in [0.05, 0.1) is 5.60 Å². The van der Waals surface area contributed by atoms with Gasteiger partial charge >= 0.3 is 0 Å². The Kier molecular flexibility index (Phi) is 5.09. The molecule has 0 bridgehead atoms. The maximum atomic E-state index is 10.9. The van der Waals surface area contributed by atoms with Gasteiger partial charge in [-0.25, -0.2) is 0 Å². The molecule has 136 valence electrons. The van der Waals surface area contributed by atoms with Crippen LogP contribution in [0.3, 0.4) is 0 Å². The molecular weight excluding hydrogens is 320 g/mol. The molecule has 2 heterocycles. The fourth-order valence-electron chi connectivity index (χ4n) is 4.14. The number of fused-ring (bicyclic) bond motifs is 1. The Balaban J connectivity index is 1.23. The molecule has 0 unspecified atom stereocenters. The molecule has 26 heavy (non-hydrogen) atoms. The average Bonchev–Trinajstić information content (AvgIpc) is 3.11. The molecule has 1 aliphatic heterocycles. The Morgan fingerprint density at radius 3 is 2.31 bits per heavy atom. The van der Waals surface area contributed by atoms with Crippen molar-refractivity contribution in [2.75, 3.05) is 19.6 Å². The van der Waals surface area contributed by atoms with Gasteiger partial charge in [0.25, 0.3) is 0 Å². The fourth-order valence-corrected chi connectivity index (χ4v) is 4.14. The summed E-state index contributed by atoms with van der Waals surface area (Å²) in [7, 11) is 0. The molecule has 3 aromatic rings. The highest BCUT2D eigenvalue weighted by Crippen LogP contribution is 2.32. The lowest BCUT2D eigenvalue weighted by Crippen LogP contribution is -2.42. The highest BCUT2D eigenvalue weighted by atomic mass is 16.3. The number of nitrogens with zero attached hydrogens (tertiary/aromatic N) is 2. The first-order valence-electron chi connectivity index (χ1n) is 9.79. The second-order valence-electron chi connectivity index (χ2n) is 7.51. The van der Waals surface area contributed by atoms with Gasteiger partial charge in [-0.15, -0.1) is 0 Å². The number of aromatic nitrogens is 1. The van der Waals surface area contributed by atoms with Crippen molar-refractivity contribution in [3.8, 4) is 0 Å². The van der Waals surface area contributed by atoms with E-state index in [-0.39, 0.29) is 0 Å². The molecule has 0 amide bonds. The van der Waals surface area contributed by atoms with E-state index in [9.17, 15) is 5.11 Å². The number of likely N-dealkylation sites (tertiary alicyclic amines) is 1. The number of benzene rings is 2. The minimum Gasteiger partial charge on any atom is -0.385 e. The van der Waals surface area contributed by atoms with Gasteiger partial charge in [-0.05, 0) is 55.3 Å². The summed E-state index contributed by atoms with van der Waals surface area (Å²) in [6.45, 7) is 4.18. The van der Waals surface area contributed by atoms with Crippen molar-refractivity contribution in [3.05, 3.63) is 72.4 Å². The smallest absolute Gasteiger partial charge is 0.0920 e.